The summed E-state index contributed by atoms with van der Waals surface area (Å²) in [6.07, 6.45) is 2.96. The Morgan fingerprint density at radius 3 is 2.33 bits per heavy atom. The minimum absolute atomic E-state index is 0.0482. The highest BCUT2D eigenvalue weighted by Gasteiger charge is 2.25. The fourth-order valence-electron chi connectivity index (χ4n) is 2.49. The Bertz CT molecular complexity index is 341. The third-order valence-electron chi connectivity index (χ3n) is 3.48. The van der Waals surface area contributed by atoms with Gasteiger partial charge < -0.3 is 14.4 Å². The van der Waals surface area contributed by atoms with Crippen LogP contribution in [0.5, 0.6) is 0 Å². The first-order valence-corrected chi connectivity index (χ1v) is 7.92. The number of carbonyl (C=O) groups is 2. The van der Waals surface area contributed by atoms with E-state index in [0.717, 1.165) is 38.9 Å². The molecule has 5 heteroatoms. The molecule has 0 bridgehead atoms. The number of piperidine rings is 1. The van der Waals surface area contributed by atoms with Crippen LogP contribution in [0.1, 0.15) is 53.4 Å². The SMILES string of the molecule is CCOC(=O)C1CCN(CCCC(=O)OC(C)(C)C)CC1. The molecule has 0 unspecified atom stereocenters. The summed E-state index contributed by atoms with van der Waals surface area (Å²) in [5.41, 5.74) is -0.408. The molecule has 1 heterocycles. The number of hydrogen-bond donors (Lipinski definition) is 0. The molecule has 0 aliphatic carbocycles. The van der Waals surface area contributed by atoms with Gasteiger partial charge in [0.2, 0.25) is 0 Å². The summed E-state index contributed by atoms with van der Waals surface area (Å²) in [6.45, 7) is 10.6. The average Bonchev–Trinajstić information content (AvgIpc) is 2.37. The highest BCUT2D eigenvalue weighted by atomic mass is 16.6. The van der Waals surface area contributed by atoms with Gasteiger partial charge in [-0.2, -0.15) is 0 Å². The van der Waals surface area contributed by atoms with E-state index in [1.54, 1.807) is 0 Å². The summed E-state index contributed by atoms with van der Waals surface area (Å²) in [6, 6.07) is 0. The van der Waals surface area contributed by atoms with E-state index in [1.807, 2.05) is 27.7 Å². The number of carbonyl (C=O) groups excluding carboxylic acids is 2. The quantitative estimate of drug-likeness (QED) is 0.705. The Balaban J connectivity index is 2.16. The van der Waals surface area contributed by atoms with Crippen molar-refractivity contribution in [2.75, 3.05) is 26.2 Å². The van der Waals surface area contributed by atoms with Crippen molar-refractivity contribution in [1.82, 2.24) is 4.90 Å². The van der Waals surface area contributed by atoms with Crippen LogP contribution in [0.3, 0.4) is 0 Å². The van der Waals surface area contributed by atoms with Gasteiger partial charge in [0.05, 0.1) is 12.5 Å². The standard InChI is InChI=1S/C16H29NO4/c1-5-20-15(19)13-8-11-17(12-9-13)10-6-7-14(18)21-16(2,3)4/h13H,5-12H2,1-4H3. The smallest absolute Gasteiger partial charge is 0.309 e. The van der Waals surface area contributed by atoms with E-state index >= 15 is 0 Å². The Hall–Kier alpha value is -1.10. The zero-order valence-electron chi connectivity index (χ0n) is 13.8. The molecule has 1 rings (SSSR count). The molecule has 0 N–H and O–H groups in total. The first-order chi connectivity index (χ1) is 9.81. The van der Waals surface area contributed by atoms with Crippen molar-refractivity contribution in [3.05, 3.63) is 0 Å². The molecular formula is C16H29NO4. The molecule has 0 spiro atoms. The molecule has 0 amide bonds. The van der Waals surface area contributed by atoms with Crippen molar-refractivity contribution >= 4 is 11.9 Å². The predicted molar refractivity (Wildman–Crippen MR) is 80.9 cm³/mol. The maximum absolute atomic E-state index is 11.6. The molecule has 1 fully saturated rings. The highest BCUT2D eigenvalue weighted by Crippen LogP contribution is 2.19. The van der Waals surface area contributed by atoms with Gasteiger partial charge in [0.25, 0.3) is 0 Å². The van der Waals surface area contributed by atoms with E-state index < -0.39 is 5.60 Å². The molecule has 1 saturated heterocycles. The average molecular weight is 299 g/mol. The van der Waals surface area contributed by atoms with Crippen LogP contribution in [-0.2, 0) is 19.1 Å². The van der Waals surface area contributed by atoms with Crippen molar-refractivity contribution in [2.45, 2.75) is 59.0 Å². The van der Waals surface area contributed by atoms with Crippen molar-refractivity contribution < 1.29 is 19.1 Å². The summed E-state index contributed by atoms with van der Waals surface area (Å²) in [4.78, 5) is 25.6. The molecule has 0 aromatic rings. The molecule has 0 radical (unpaired) electrons. The molecule has 122 valence electrons. The molecule has 1 aliphatic rings. The molecule has 1 aliphatic heterocycles. The van der Waals surface area contributed by atoms with Gasteiger partial charge in [0.1, 0.15) is 5.60 Å². The first kappa shape index (κ1) is 18.0. The van der Waals surface area contributed by atoms with Crippen LogP contribution >= 0.6 is 0 Å². The van der Waals surface area contributed by atoms with Crippen LogP contribution in [-0.4, -0.2) is 48.7 Å². The Morgan fingerprint density at radius 1 is 1.19 bits per heavy atom. The Kier molecular flexibility index (Phi) is 7.15. The first-order valence-electron chi connectivity index (χ1n) is 7.92. The minimum Gasteiger partial charge on any atom is -0.466 e. The Labute approximate surface area is 128 Å². The van der Waals surface area contributed by atoms with Crippen LogP contribution in [0.25, 0.3) is 0 Å². The third-order valence-corrected chi connectivity index (χ3v) is 3.48. The van der Waals surface area contributed by atoms with Gasteiger partial charge in [-0.1, -0.05) is 0 Å². The van der Waals surface area contributed by atoms with E-state index in [9.17, 15) is 9.59 Å². The zero-order valence-corrected chi connectivity index (χ0v) is 13.8. The van der Waals surface area contributed by atoms with Crippen molar-refractivity contribution in [3.8, 4) is 0 Å². The number of nitrogens with zero attached hydrogens (tertiary/aromatic N) is 1. The van der Waals surface area contributed by atoms with Crippen LogP contribution in [0.15, 0.2) is 0 Å². The Morgan fingerprint density at radius 2 is 1.81 bits per heavy atom. The van der Waals surface area contributed by atoms with Crippen LogP contribution in [0.2, 0.25) is 0 Å². The number of ether oxygens (including phenoxy) is 2. The van der Waals surface area contributed by atoms with Crippen molar-refractivity contribution in [2.24, 2.45) is 5.92 Å². The lowest BCUT2D eigenvalue weighted by molar-refractivity contribution is -0.155. The van der Waals surface area contributed by atoms with Gasteiger partial charge in [-0.15, -0.1) is 0 Å². The largest absolute Gasteiger partial charge is 0.466 e. The number of rotatable bonds is 6. The summed E-state index contributed by atoms with van der Waals surface area (Å²) < 4.78 is 10.3. The molecule has 0 aromatic heterocycles. The van der Waals surface area contributed by atoms with Gasteiger partial charge in [-0.25, -0.2) is 0 Å². The summed E-state index contributed by atoms with van der Waals surface area (Å²) >= 11 is 0. The summed E-state index contributed by atoms with van der Waals surface area (Å²) in [5.74, 6) is -0.151. The maximum atomic E-state index is 11.6. The predicted octanol–water partition coefficient (Wildman–Crippen LogP) is 2.38. The van der Waals surface area contributed by atoms with Gasteiger partial charge in [0.15, 0.2) is 0 Å². The van der Waals surface area contributed by atoms with Crippen LogP contribution in [0, 0.1) is 5.92 Å². The van der Waals surface area contributed by atoms with Crippen molar-refractivity contribution in [1.29, 1.82) is 0 Å². The van der Waals surface area contributed by atoms with Gasteiger partial charge in [-0.3, -0.25) is 9.59 Å². The normalized spacial score (nSPS) is 17.5. The lowest BCUT2D eigenvalue weighted by atomic mass is 9.97. The van der Waals surface area contributed by atoms with E-state index in [0.29, 0.717) is 13.0 Å². The number of esters is 2. The fourth-order valence-corrected chi connectivity index (χ4v) is 2.49. The monoisotopic (exact) mass is 299 g/mol. The third kappa shape index (κ3) is 7.46. The fraction of sp³-hybridized carbons (Fsp3) is 0.875. The topological polar surface area (TPSA) is 55.8 Å². The zero-order chi connectivity index (χ0) is 15.9. The van der Waals surface area contributed by atoms with E-state index in [-0.39, 0.29) is 17.9 Å². The van der Waals surface area contributed by atoms with Gasteiger partial charge in [0, 0.05) is 6.42 Å². The summed E-state index contributed by atoms with van der Waals surface area (Å²) in [5, 5.41) is 0. The number of likely N-dealkylation sites (tertiary alicyclic amines) is 1. The van der Waals surface area contributed by atoms with Crippen molar-refractivity contribution in [3.63, 3.8) is 0 Å². The van der Waals surface area contributed by atoms with E-state index in [2.05, 4.69) is 4.90 Å². The molecule has 0 aromatic carbocycles. The van der Waals surface area contributed by atoms with Gasteiger partial charge >= 0.3 is 11.9 Å². The molecule has 0 saturated carbocycles. The molecular weight excluding hydrogens is 270 g/mol. The minimum atomic E-state index is -0.408. The second-order valence-electron chi connectivity index (χ2n) is 6.56. The molecule has 21 heavy (non-hydrogen) atoms. The van der Waals surface area contributed by atoms with Crippen LogP contribution < -0.4 is 0 Å². The lowest BCUT2D eigenvalue weighted by Gasteiger charge is -2.30. The lowest BCUT2D eigenvalue weighted by Crippen LogP contribution is -2.37. The van der Waals surface area contributed by atoms with Crippen LogP contribution in [0.4, 0.5) is 0 Å². The second-order valence-corrected chi connectivity index (χ2v) is 6.56. The highest BCUT2D eigenvalue weighted by molar-refractivity contribution is 5.72. The van der Waals surface area contributed by atoms with E-state index in [4.69, 9.17) is 9.47 Å². The van der Waals surface area contributed by atoms with E-state index in [1.165, 1.54) is 0 Å². The molecule has 5 nitrogen and oxygen atoms in total. The van der Waals surface area contributed by atoms with Gasteiger partial charge in [-0.05, 0) is 66.6 Å². The number of hydrogen-bond acceptors (Lipinski definition) is 5. The second kappa shape index (κ2) is 8.37. The maximum Gasteiger partial charge on any atom is 0.309 e. The summed E-state index contributed by atoms with van der Waals surface area (Å²) in [7, 11) is 0. The molecule has 0 atom stereocenters.